The Bertz CT molecular complexity index is 1440. The van der Waals surface area contributed by atoms with Gasteiger partial charge in [0.2, 0.25) is 11.8 Å². The van der Waals surface area contributed by atoms with Crippen molar-refractivity contribution in [3.63, 3.8) is 0 Å². The standard InChI is InChI=1S/C25H24ClN5O4S/c1-11-6-16(26)29-20(19(11)28-12-8-30(9-12)24(34)35)14-4-5-27-15-7-13(36-21(14)15)10-31-22(32)17-18(23(31)33)25(17,2)3/h4-7,12,17-18,28H,8-10H2,1-3H3,(H,34,35). The van der Waals surface area contributed by atoms with Gasteiger partial charge in [0.1, 0.15) is 5.15 Å². The van der Waals surface area contributed by atoms with Gasteiger partial charge in [0.15, 0.2) is 0 Å². The van der Waals surface area contributed by atoms with Gasteiger partial charge < -0.3 is 15.3 Å². The molecule has 0 bridgehead atoms. The summed E-state index contributed by atoms with van der Waals surface area (Å²) in [5, 5.41) is 13.0. The maximum Gasteiger partial charge on any atom is 0.407 e. The molecule has 3 aromatic heterocycles. The van der Waals surface area contributed by atoms with Crippen molar-refractivity contribution in [2.24, 2.45) is 17.3 Å². The molecule has 2 unspecified atom stereocenters. The van der Waals surface area contributed by atoms with Crippen LogP contribution in [-0.2, 0) is 16.1 Å². The molecule has 0 spiro atoms. The third-order valence-corrected chi connectivity index (χ3v) is 8.95. The summed E-state index contributed by atoms with van der Waals surface area (Å²) in [6, 6.07) is 5.54. The number of amides is 3. The molecule has 36 heavy (non-hydrogen) atoms. The van der Waals surface area contributed by atoms with E-state index in [1.165, 1.54) is 21.1 Å². The van der Waals surface area contributed by atoms with Crippen molar-refractivity contribution in [2.75, 3.05) is 18.4 Å². The molecule has 1 aliphatic carbocycles. The van der Waals surface area contributed by atoms with Crippen LogP contribution in [0, 0.1) is 24.2 Å². The van der Waals surface area contributed by atoms with E-state index in [2.05, 4.69) is 15.3 Å². The number of fused-ring (bicyclic) bond motifs is 2. The minimum absolute atomic E-state index is 0.0272. The summed E-state index contributed by atoms with van der Waals surface area (Å²) in [5.74, 6) is -0.585. The number of halogens is 1. The first-order valence-electron chi connectivity index (χ1n) is 11.7. The maximum atomic E-state index is 12.8. The average Bonchev–Trinajstić information content (AvgIpc) is 3.02. The molecule has 3 aliphatic rings. The third-order valence-electron chi connectivity index (χ3n) is 7.61. The summed E-state index contributed by atoms with van der Waals surface area (Å²) in [7, 11) is 0. The molecule has 11 heteroatoms. The second-order valence-electron chi connectivity index (χ2n) is 10.3. The second-order valence-corrected chi connectivity index (χ2v) is 11.9. The number of rotatable bonds is 5. The Hall–Kier alpha value is -3.24. The number of carboxylic acid groups (broad SMARTS) is 1. The van der Waals surface area contributed by atoms with Crippen LogP contribution >= 0.6 is 22.9 Å². The zero-order valence-corrected chi connectivity index (χ0v) is 21.5. The summed E-state index contributed by atoms with van der Waals surface area (Å²) < 4.78 is 0.884. The molecule has 3 amide bonds. The largest absolute Gasteiger partial charge is 0.465 e. The van der Waals surface area contributed by atoms with Crippen molar-refractivity contribution in [1.82, 2.24) is 19.8 Å². The highest BCUT2D eigenvalue weighted by Gasteiger charge is 2.72. The van der Waals surface area contributed by atoms with Gasteiger partial charge in [-0.3, -0.25) is 19.5 Å². The number of carbonyl (C=O) groups excluding carboxylic acids is 2. The van der Waals surface area contributed by atoms with Gasteiger partial charge in [-0.05, 0) is 36.1 Å². The van der Waals surface area contributed by atoms with Gasteiger partial charge in [-0.25, -0.2) is 9.78 Å². The summed E-state index contributed by atoms with van der Waals surface area (Å²) >= 11 is 7.83. The molecule has 2 N–H and O–H groups in total. The first-order chi connectivity index (χ1) is 17.1. The lowest BCUT2D eigenvalue weighted by atomic mass is 10.0. The molecule has 1 saturated carbocycles. The molecule has 0 radical (unpaired) electrons. The molecular weight excluding hydrogens is 502 g/mol. The van der Waals surface area contributed by atoms with Crippen molar-refractivity contribution in [3.05, 3.63) is 40.0 Å². The predicted octanol–water partition coefficient (Wildman–Crippen LogP) is 4.24. The van der Waals surface area contributed by atoms with E-state index < -0.39 is 6.09 Å². The highest BCUT2D eigenvalue weighted by molar-refractivity contribution is 7.19. The molecule has 2 aliphatic heterocycles. The molecule has 9 nitrogen and oxygen atoms in total. The fraction of sp³-hybridized carbons (Fsp3) is 0.400. The van der Waals surface area contributed by atoms with Gasteiger partial charge in [-0.15, -0.1) is 11.3 Å². The van der Waals surface area contributed by atoms with E-state index in [1.54, 1.807) is 12.3 Å². The zero-order valence-electron chi connectivity index (χ0n) is 19.9. The number of hydrogen-bond acceptors (Lipinski definition) is 7. The fourth-order valence-corrected chi connectivity index (χ4v) is 6.87. The van der Waals surface area contributed by atoms with Crippen LogP contribution in [0.1, 0.15) is 24.3 Å². The minimum atomic E-state index is -0.933. The Balaban J connectivity index is 1.32. The molecule has 6 rings (SSSR count). The lowest BCUT2D eigenvalue weighted by Crippen LogP contribution is -2.56. The van der Waals surface area contributed by atoms with E-state index in [1.807, 2.05) is 32.9 Å². The number of aryl methyl sites for hydroxylation is 1. The predicted molar refractivity (Wildman–Crippen MR) is 136 cm³/mol. The summed E-state index contributed by atoms with van der Waals surface area (Å²) in [6.45, 7) is 6.90. The lowest BCUT2D eigenvalue weighted by Gasteiger charge is -2.38. The molecule has 3 fully saturated rings. The van der Waals surface area contributed by atoms with Gasteiger partial charge in [0.25, 0.3) is 0 Å². The molecular formula is C25H24ClN5O4S. The number of piperidine rings is 1. The summed E-state index contributed by atoms with van der Waals surface area (Å²) in [6.07, 6.45) is 0.770. The fourth-order valence-electron chi connectivity index (χ4n) is 5.51. The van der Waals surface area contributed by atoms with Gasteiger partial charge >= 0.3 is 6.09 Å². The second kappa shape index (κ2) is 7.88. The first kappa shape index (κ1) is 23.2. The SMILES string of the molecule is Cc1cc(Cl)nc(-c2ccnc3cc(CN4C(=O)C5C(C4=O)C5(C)C)sc23)c1NC1CN(C(=O)O)C1. The summed E-state index contributed by atoms with van der Waals surface area (Å²) in [4.78, 5) is 49.5. The van der Waals surface area contributed by atoms with Crippen molar-refractivity contribution in [3.8, 4) is 11.3 Å². The molecule has 5 heterocycles. The van der Waals surface area contributed by atoms with Gasteiger partial charge in [0, 0.05) is 29.7 Å². The van der Waals surface area contributed by atoms with Gasteiger partial charge in [-0.2, -0.15) is 0 Å². The number of pyridine rings is 2. The Morgan fingerprint density at radius 2 is 1.94 bits per heavy atom. The van der Waals surface area contributed by atoms with E-state index >= 15 is 0 Å². The first-order valence-corrected chi connectivity index (χ1v) is 12.9. The number of thiophene rings is 1. The van der Waals surface area contributed by atoms with Crippen molar-refractivity contribution in [2.45, 2.75) is 33.4 Å². The molecule has 186 valence electrons. The highest BCUT2D eigenvalue weighted by atomic mass is 35.5. The Morgan fingerprint density at radius 3 is 2.61 bits per heavy atom. The van der Waals surface area contributed by atoms with E-state index in [9.17, 15) is 14.4 Å². The number of imide groups is 1. The smallest absolute Gasteiger partial charge is 0.407 e. The number of anilines is 1. The lowest BCUT2D eigenvalue weighted by molar-refractivity contribution is -0.143. The number of nitrogens with zero attached hydrogens (tertiary/aromatic N) is 4. The average molecular weight is 526 g/mol. The molecule has 3 aromatic rings. The van der Waals surface area contributed by atoms with Crippen LogP contribution in [0.2, 0.25) is 5.15 Å². The van der Waals surface area contributed by atoms with E-state index in [0.29, 0.717) is 23.9 Å². The van der Waals surface area contributed by atoms with Crippen LogP contribution in [0.15, 0.2) is 24.4 Å². The molecule has 2 atom stereocenters. The van der Waals surface area contributed by atoms with E-state index in [0.717, 1.165) is 31.9 Å². The van der Waals surface area contributed by atoms with Crippen LogP contribution < -0.4 is 5.32 Å². The Labute approximate surface area is 216 Å². The number of hydrogen-bond donors (Lipinski definition) is 2. The normalized spacial score (nSPS) is 22.7. The van der Waals surface area contributed by atoms with Crippen molar-refractivity contribution >= 4 is 56.7 Å². The topological polar surface area (TPSA) is 116 Å². The van der Waals surface area contributed by atoms with Crippen LogP contribution in [0.3, 0.4) is 0 Å². The van der Waals surface area contributed by atoms with Gasteiger partial charge in [0.05, 0.1) is 46.0 Å². The summed E-state index contributed by atoms with van der Waals surface area (Å²) in [5.41, 5.74) is 3.71. The molecule has 2 saturated heterocycles. The monoisotopic (exact) mass is 525 g/mol. The highest BCUT2D eigenvalue weighted by Crippen LogP contribution is 2.63. The van der Waals surface area contributed by atoms with Crippen LogP contribution in [-0.4, -0.2) is 61.9 Å². The quantitative estimate of drug-likeness (QED) is 0.378. The van der Waals surface area contributed by atoms with E-state index in [4.69, 9.17) is 16.7 Å². The maximum absolute atomic E-state index is 12.8. The van der Waals surface area contributed by atoms with E-state index in [-0.39, 0.29) is 41.7 Å². The number of aromatic nitrogens is 2. The zero-order chi connectivity index (χ0) is 25.5. The van der Waals surface area contributed by atoms with Crippen LogP contribution in [0.5, 0.6) is 0 Å². The number of carbonyl (C=O) groups is 3. The van der Waals surface area contributed by atoms with Crippen LogP contribution in [0.4, 0.5) is 10.5 Å². The minimum Gasteiger partial charge on any atom is -0.465 e. The third kappa shape index (κ3) is 3.46. The Kier molecular flexibility index (Phi) is 5.07. The van der Waals surface area contributed by atoms with Crippen molar-refractivity contribution in [1.29, 1.82) is 0 Å². The van der Waals surface area contributed by atoms with Crippen LogP contribution in [0.25, 0.3) is 21.5 Å². The number of nitrogens with one attached hydrogen (secondary N) is 1. The molecule has 0 aromatic carbocycles. The van der Waals surface area contributed by atoms with Gasteiger partial charge in [-0.1, -0.05) is 25.4 Å². The Morgan fingerprint density at radius 1 is 1.25 bits per heavy atom. The number of likely N-dealkylation sites (tertiary alicyclic amines) is 2. The van der Waals surface area contributed by atoms with Crippen molar-refractivity contribution < 1.29 is 19.5 Å².